The van der Waals surface area contributed by atoms with Crippen LogP contribution in [-0.4, -0.2) is 28.1 Å². The van der Waals surface area contributed by atoms with Crippen molar-refractivity contribution in [3.05, 3.63) is 78.2 Å². The van der Waals surface area contributed by atoms with Gasteiger partial charge in [0.15, 0.2) is 0 Å². The van der Waals surface area contributed by atoms with Crippen molar-refractivity contribution in [3.63, 3.8) is 0 Å². The van der Waals surface area contributed by atoms with Gasteiger partial charge in [0.1, 0.15) is 6.54 Å². The van der Waals surface area contributed by atoms with E-state index >= 15 is 0 Å². The summed E-state index contributed by atoms with van der Waals surface area (Å²) in [5, 5.41) is 9.02. The van der Waals surface area contributed by atoms with Crippen LogP contribution in [0.3, 0.4) is 0 Å². The summed E-state index contributed by atoms with van der Waals surface area (Å²) in [7, 11) is 1.69. The molecule has 1 heterocycles. The molecule has 0 aliphatic rings. The molecule has 0 unspecified atom stereocenters. The minimum Gasteiger partial charge on any atom is -0.337 e. The Balaban J connectivity index is 1.45. The van der Waals surface area contributed by atoms with Crippen LogP contribution < -0.4 is 5.32 Å². The van der Waals surface area contributed by atoms with Gasteiger partial charge < -0.3 is 14.7 Å². The molecular weight excluding hydrogens is 352 g/mol. The summed E-state index contributed by atoms with van der Waals surface area (Å²) in [4.78, 5) is 18.5. The minimum absolute atomic E-state index is 0.218. The van der Waals surface area contributed by atoms with Crippen molar-refractivity contribution in [1.82, 2.24) is 15.0 Å². The van der Waals surface area contributed by atoms with Crippen LogP contribution in [0.2, 0.25) is 0 Å². The summed E-state index contributed by atoms with van der Waals surface area (Å²) in [6, 6.07) is 21.4. The Morgan fingerprint density at radius 1 is 1.04 bits per heavy atom. The number of benzene rings is 3. The van der Waals surface area contributed by atoms with Gasteiger partial charge in [0.05, 0.1) is 5.69 Å². The van der Waals surface area contributed by atoms with Gasteiger partial charge in [-0.05, 0) is 18.4 Å². The number of amides is 2. The maximum Gasteiger partial charge on any atom is 0.322 e. The molecule has 0 spiro atoms. The lowest BCUT2D eigenvalue weighted by molar-refractivity contribution is 0.213. The van der Waals surface area contributed by atoms with Crippen LogP contribution >= 0.6 is 0 Å². The zero-order chi connectivity index (χ0) is 19.5. The van der Waals surface area contributed by atoms with Gasteiger partial charge in [-0.25, -0.2) is 4.79 Å². The molecule has 4 rings (SSSR count). The van der Waals surface area contributed by atoms with Crippen LogP contribution in [0, 0.1) is 6.92 Å². The fourth-order valence-corrected chi connectivity index (χ4v) is 2.96. The Kier molecular flexibility index (Phi) is 4.76. The first-order chi connectivity index (χ1) is 13.6. The summed E-state index contributed by atoms with van der Waals surface area (Å²) >= 11 is 0. The molecule has 2 amide bonds. The van der Waals surface area contributed by atoms with Crippen LogP contribution in [0.25, 0.3) is 22.2 Å². The molecular formula is C22H20N4O2. The minimum atomic E-state index is -0.244. The van der Waals surface area contributed by atoms with Gasteiger partial charge in [0, 0.05) is 18.0 Å². The molecule has 3 aromatic carbocycles. The highest BCUT2D eigenvalue weighted by molar-refractivity contribution is 6.01. The predicted octanol–water partition coefficient (Wildman–Crippen LogP) is 4.86. The third kappa shape index (κ3) is 3.71. The number of carbonyl (C=O) groups excluding carboxylic acids is 1. The molecule has 1 aromatic heterocycles. The van der Waals surface area contributed by atoms with Crippen molar-refractivity contribution >= 4 is 22.5 Å². The van der Waals surface area contributed by atoms with E-state index in [9.17, 15) is 4.79 Å². The first-order valence-electron chi connectivity index (χ1n) is 8.99. The van der Waals surface area contributed by atoms with E-state index in [1.54, 1.807) is 7.05 Å². The summed E-state index contributed by atoms with van der Waals surface area (Å²) < 4.78 is 5.31. The number of aryl methyl sites for hydroxylation is 1. The summed E-state index contributed by atoms with van der Waals surface area (Å²) in [5.41, 5.74) is 2.81. The molecule has 4 aromatic rings. The van der Waals surface area contributed by atoms with E-state index in [0.717, 1.165) is 27.6 Å². The number of carbonyl (C=O) groups is 1. The van der Waals surface area contributed by atoms with E-state index in [0.29, 0.717) is 11.7 Å². The van der Waals surface area contributed by atoms with Crippen molar-refractivity contribution in [2.24, 2.45) is 0 Å². The second-order valence-electron chi connectivity index (χ2n) is 6.69. The third-order valence-corrected chi connectivity index (χ3v) is 4.53. The number of urea groups is 1. The lowest BCUT2D eigenvalue weighted by Gasteiger charge is -2.16. The maximum atomic E-state index is 12.6. The van der Waals surface area contributed by atoms with E-state index in [1.165, 1.54) is 4.90 Å². The summed E-state index contributed by atoms with van der Waals surface area (Å²) in [5.74, 6) is 0.893. The predicted molar refractivity (Wildman–Crippen MR) is 109 cm³/mol. The van der Waals surface area contributed by atoms with Crippen molar-refractivity contribution < 1.29 is 9.32 Å². The number of fused-ring (bicyclic) bond motifs is 1. The van der Waals surface area contributed by atoms with E-state index in [-0.39, 0.29) is 12.6 Å². The molecule has 28 heavy (non-hydrogen) atoms. The summed E-state index contributed by atoms with van der Waals surface area (Å²) in [6.07, 6.45) is 0. The third-order valence-electron chi connectivity index (χ3n) is 4.53. The Morgan fingerprint density at radius 3 is 2.61 bits per heavy atom. The molecule has 6 nitrogen and oxygen atoms in total. The molecule has 0 saturated heterocycles. The quantitative estimate of drug-likeness (QED) is 0.555. The van der Waals surface area contributed by atoms with Crippen LogP contribution in [0.4, 0.5) is 10.5 Å². The monoisotopic (exact) mass is 372 g/mol. The van der Waals surface area contributed by atoms with Crippen molar-refractivity contribution in [3.8, 4) is 11.4 Å². The average molecular weight is 372 g/mol. The first kappa shape index (κ1) is 17.7. The normalized spacial score (nSPS) is 10.8. The zero-order valence-corrected chi connectivity index (χ0v) is 15.7. The Bertz CT molecular complexity index is 1110. The highest BCUT2D eigenvalue weighted by Crippen LogP contribution is 2.23. The van der Waals surface area contributed by atoms with Gasteiger partial charge in [-0.1, -0.05) is 71.4 Å². The highest BCUT2D eigenvalue weighted by atomic mass is 16.5. The van der Waals surface area contributed by atoms with E-state index < -0.39 is 0 Å². The Morgan fingerprint density at radius 2 is 1.79 bits per heavy atom. The number of nitrogens with zero attached hydrogens (tertiary/aromatic N) is 3. The van der Waals surface area contributed by atoms with Gasteiger partial charge in [0.25, 0.3) is 0 Å². The molecule has 0 atom stereocenters. The number of hydrogen-bond donors (Lipinski definition) is 1. The molecule has 140 valence electrons. The Labute approximate surface area is 162 Å². The lowest BCUT2D eigenvalue weighted by atomic mass is 10.1. The van der Waals surface area contributed by atoms with Gasteiger partial charge in [-0.2, -0.15) is 4.98 Å². The van der Waals surface area contributed by atoms with Crippen LogP contribution in [0.5, 0.6) is 0 Å². The molecule has 1 N–H and O–H groups in total. The van der Waals surface area contributed by atoms with Gasteiger partial charge in [0.2, 0.25) is 11.7 Å². The zero-order valence-electron chi connectivity index (χ0n) is 15.7. The lowest BCUT2D eigenvalue weighted by Crippen LogP contribution is -2.31. The van der Waals surface area contributed by atoms with E-state index in [4.69, 9.17) is 4.52 Å². The van der Waals surface area contributed by atoms with Gasteiger partial charge in [-0.3, -0.25) is 0 Å². The standard InChI is InChI=1S/C22H20N4O2/c1-15-10-12-17(13-11-15)21-24-20(28-25-21)14-26(2)22(27)23-19-9-5-7-16-6-3-4-8-18(16)19/h3-13H,14H2,1-2H3,(H,23,27). The van der Waals surface area contributed by atoms with Crippen LogP contribution in [0.15, 0.2) is 71.3 Å². The molecule has 6 heteroatoms. The number of nitrogens with one attached hydrogen (secondary N) is 1. The van der Waals surface area contributed by atoms with Crippen LogP contribution in [0.1, 0.15) is 11.5 Å². The molecule has 0 radical (unpaired) electrons. The first-order valence-corrected chi connectivity index (χ1v) is 8.99. The highest BCUT2D eigenvalue weighted by Gasteiger charge is 2.15. The second-order valence-corrected chi connectivity index (χ2v) is 6.69. The topological polar surface area (TPSA) is 71.3 Å². The van der Waals surface area contributed by atoms with Gasteiger partial charge >= 0.3 is 6.03 Å². The maximum absolute atomic E-state index is 12.6. The largest absolute Gasteiger partial charge is 0.337 e. The average Bonchev–Trinajstić information content (AvgIpc) is 3.17. The summed E-state index contributed by atoms with van der Waals surface area (Å²) in [6.45, 7) is 2.24. The van der Waals surface area contributed by atoms with Crippen molar-refractivity contribution in [2.75, 3.05) is 12.4 Å². The number of anilines is 1. The van der Waals surface area contributed by atoms with Crippen molar-refractivity contribution in [1.29, 1.82) is 0 Å². The Hall–Kier alpha value is -3.67. The number of rotatable bonds is 4. The fraction of sp³-hybridized carbons (Fsp3) is 0.136. The number of hydrogen-bond acceptors (Lipinski definition) is 4. The molecule has 0 saturated carbocycles. The molecule has 0 aliphatic carbocycles. The smallest absolute Gasteiger partial charge is 0.322 e. The van der Waals surface area contributed by atoms with E-state index in [1.807, 2.05) is 73.7 Å². The second kappa shape index (κ2) is 7.52. The van der Waals surface area contributed by atoms with Gasteiger partial charge in [-0.15, -0.1) is 0 Å². The van der Waals surface area contributed by atoms with E-state index in [2.05, 4.69) is 15.5 Å². The molecule has 0 aliphatic heterocycles. The van der Waals surface area contributed by atoms with Crippen molar-refractivity contribution in [2.45, 2.75) is 13.5 Å². The molecule has 0 fully saturated rings. The molecule has 0 bridgehead atoms. The number of aromatic nitrogens is 2. The SMILES string of the molecule is Cc1ccc(-c2noc(CN(C)C(=O)Nc3cccc4ccccc34)n2)cc1. The fourth-order valence-electron chi connectivity index (χ4n) is 2.96. The van der Waals surface area contributed by atoms with Crippen LogP contribution in [-0.2, 0) is 6.54 Å².